The first kappa shape index (κ1) is 14.0. The maximum Gasteiger partial charge on any atom is 0.0668 e. The fourth-order valence-corrected chi connectivity index (χ4v) is 1.85. The first-order valence-corrected chi connectivity index (χ1v) is 6.30. The van der Waals surface area contributed by atoms with E-state index in [0.29, 0.717) is 5.92 Å². The molecule has 0 radical (unpaired) electrons. The van der Waals surface area contributed by atoms with E-state index in [9.17, 15) is 0 Å². The fourth-order valence-electron chi connectivity index (χ4n) is 1.85. The standard InChI is InChI=1S/C14H25N3/c1-10(2)8-15-9-11(3)7-14-12(4)16-17(6)13(14)5/h7,10,15H,8-9H2,1-6H3. The summed E-state index contributed by atoms with van der Waals surface area (Å²) in [5, 5.41) is 7.88. The molecule has 0 spiro atoms. The molecule has 1 aromatic heterocycles. The molecule has 0 fully saturated rings. The summed E-state index contributed by atoms with van der Waals surface area (Å²) < 4.78 is 1.94. The Morgan fingerprint density at radius 2 is 2.06 bits per heavy atom. The molecule has 0 aliphatic carbocycles. The van der Waals surface area contributed by atoms with Crippen molar-refractivity contribution in [1.29, 1.82) is 0 Å². The molecule has 1 N–H and O–H groups in total. The highest BCUT2D eigenvalue weighted by Gasteiger charge is 2.06. The fraction of sp³-hybridized carbons (Fsp3) is 0.643. The van der Waals surface area contributed by atoms with Crippen molar-refractivity contribution >= 4 is 6.08 Å². The van der Waals surface area contributed by atoms with Crippen molar-refractivity contribution in [3.8, 4) is 0 Å². The van der Waals surface area contributed by atoms with E-state index in [-0.39, 0.29) is 0 Å². The third-order valence-corrected chi connectivity index (χ3v) is 2.91. The molecule has 0 bridgehead atoms. The average Bonchev–Trinajstić information content (AvgIpc) is 2.44. The maximum absolute atomic E-state index is 4.42. The van der Waals surface area contributed by atoms with Crippen LogP contribution in [0.25, 0.3) is 6.08 Å². The van der Waals surface area contributed by atoms with Crippen LogP contribution in [0.4, 0.5) is 0 Å². The van der Waals surface area contributed by atoms with Gasteiger partial charge in [0.25, 0.3) is 0 Å². The number of aromatic nitrogens is 2. The van der Waals surface area contributed by atoms with Crippen molar-refractivity contribution in [2.45, 2.75) is 34.6 Å². The summed E-state index contributed by atoms with van der Waals surface area (Å²) >= 11 is 0. The third-order valence-electron chi connectivity index (χ3n) is 2.91. The van der Waals surface area contributed by atoms with E-state index in [1.807, 2.05) is 11.7 Å². The van der Waals surface area contributed by atoms with Gasteiger partial charge in [0.2, 0.25) is 0 Å². The second kappa shape index (κ2) is 6.01. The maximum atomic E-state index is 4.42. The normalized spacial score (nSPS) is 12.5. The second-order valence-electron chi connectivity index (χ2n) is 5.22. The summed E-state index contributed by atoms with van der Waals surface area (Å²) in [6.07, 6.45) is 2.24. The van der Waals surface area contributed by atoms with Crippen LogP contribution in [0.2, 0.25) is 0 Å². The summed E-state index contributed by atoms with van der Waals surface area (Å²) in [4.78, 5) is 0. The monoisotopic (exact) mass is 235 g/mol. The van der Waals surface area contributed by atoms with Gasteiger partial charge in [0.05, 0.1) is 5.69 Å². The zero-order valence-corrected chi connectivity index (χ0v) is 12.0. The number of rotatable bonds is 5. The topological polar surface area (TPSA) is 29.9 Å². The van der Waals surface area contributed by atoms with E-state index >= 15 is 0 Å². The predicted octanol–water partition coefficient (Wildman–Crippen LogP) is 2.69. The minimum atomic E-state index is 0.699. The second-order valence-corrected chi connectivity index (χ2v) is 5.22. The largest absolute Gasteiger partial charge is 0.313 e. The molecule has 96 valence electrons. The van der Waals surface area contributed by atoms with Crippen molar-refractivity contribution in [3.05, 3.63) is 22.5 Å². The lowest BCUT2D eigenvalue weighted by Crippen LogP contribution is -2.21. The molecule has 0 saturated carbocycles. The quantitative estimate of drug-likeness (QED) is 0.850. The Morgan fingerprint density at radius 1 is 1.41 bits per heavy atom. The van der Waals surface area contributed by atoms with E-state index in [2.05, 4.69) is 51.1 Å². The van der Waals surface area contributed by atoms with E-state index < -0.39 is 0 Å². The molecule has 3 heteroatoms. The van der Waals surface area contributed by atoms with Gasteiger partial charge < -0.3 is 5.32 Å². The summed E-state index contributed by atoms with van der Waals surface area (Å²) in [6.45, 7) is 12.8. The molecule has 0 amide bonds. The summed E-state index contributed by atoms with van der Waals surface area (Å²) in [5.41, 5.74) is 4.94. The van der Waals surface area contributed by atoms with Gasteiger partial charge in [-0.15, -0.1) is 0 Å². The van der Waals surface area contributed by atoms with Gasteiger partial charge >= 0.3 is 0 Å². The predicted molar refractivity (Wildman–Crippen MR) is 74.0 cm³/mol. The number of hydrogen-bond acceptors (Lipinski definition) is 2. The number of aryl methyl sites for hydroxylation is 2. The van der Waals surface area contributed by atoms with Crippen molar-refractivity contribution < 1.29 is 0 Å². The molecular formula is C14H25N3. The molecular weight excluding hydrogens is 210 g/mol. The Morgan fingerprint density at radius 3 is 2.53 bits per heavy atom. The molecule has 1 aromatic rings. The first-order valence-electron chi connectivity index (χ1n) is 6.30. The summed E-state index contributed by atoms with van der Waals surface area (Å²) in [5.74, 6) is 0.699. The van der Waals surface area contributed by atoms with Gasteiger partial charge in [-0.3, -0.25) is 4.68 Å². The van der Waals surface area contributed by atoms with Crippen LogP contribution < -0.4 is 5.32 Å². The minimum Gasteiger partial charge on any atom is -0.313 e. The smallest absolute Gasteiger partial charge is 0.0668 e. The first-order chi connectivity index (χ1) is 7.91. The van der Waals surface area contributed by atoms with Gasteiger partial charge in [-0.2, -0.15) is 5.10 Å². The number of hydrogen-bond donors (Lipinski definition) is 1. The van der Waals surface area contributed by atoms with E-state index in [0.717, 1.165) is 18.8 Å². The number of nitrogens with zero attached hydrogens (tertiary/aromatic N) is 2. The zero-order valence-electron chi connectivity index (χ0n) is 12.0. The Bertz CT molecular complexity index is 400. The lowest BCUT2D eigenvalue weighted by molar-refractivity contribution is 0.572. The van der Waals surface area contributed by atoms with Crippen LogP contribution in [-0.4, -0.2) is 22.9 Å². The lowest BCUT2D eigenvalue weighted by Gasteiger charge is -2.07. The summed E-state index contributed by atoms with van der Waals surface area (Å²) in [6, 6.07) is 0. The van der Waals surface area contributed by atoms with E-state index in [4.69, 9.17) is 0 Å². The molecule has 0 aliphatic heterocycles. The summed E-state index contributed by atoms with van der Waals surface area (Å²) in [7, 11) is 1.99. The van der Waals surface area contributed by atoms with Crippen LogP contribution in [0.5, 0.6) is 0 Å². The highest BCUT2D eigenvalue weighted by molar-refractivity contribution is 5.57. The molecule has 1 heterocycles. The van der Waals surface area contributed by atoms with Gasteiger partial charge in [0.15, 0.2) is 0 Å². The van der Waals surface area contributed by atoms with Crippen molar-refractivity contribution in [2.24, 2.45) is 13.0 Å². The highest BCUT2D eigenvalue weighted by atomic mass is 15.3. The van der Waals surface area contributed by atoms with Crippen LogP contribution in [-0.2, 0) is 7.05 Å². The molecule has 0 atom stereocenters. The Labute approximate surface area is 105 Å². The molecule has 0 unspecified atom stereocenters. The van der Waals surface area contributed by atoms with Crippen molar-refractivity contribution in [1.82, 2.24) is 15.1 Å². The molecule has 0 aliphatic rings. The van der Waals surface area contributed by atoms with Crippen LogP contribution in [0.3, 0.4) is 0 Å². The molecule has 0 aromatic carbocycles. The third kappa shape index (κ3) is 4.00. The van der Waals surface area contributed by atoms with Crippen molar-refractivity contribution in [3.63, 3.8) is 0 Å². The molecule has 1 rings (SSSR count). The van der Waals surface area contributed by atoms with E-state index in [1.165, 1.54) is 16.8 Å². The van der Waals surface area contributed by atoms with Crippen molar-refractivity contribution in [2.75, 3.05) is 13.1 Å². The number of nitrogens with one attached hydrogen (secondary N) is 1. The van der Waals surface area contributed by atoms with Crippen LogP contribution in [0.1, 0.15) is 37.7 Å². The Kier molecular flexibility index (Phi) is 4.94. The molecule has 3 nitrogen and oxygen atoms in total. The van der Waals surface area contributed by atoms with Gasteiger partial charge in [0, 0.05) is 24.8 Å². The van der Waals surface area contributed by atoms with Gasteiger partial charge in [-0.1, -0.05) is 25.5 Å². The van der Waals surface area contributed by atoms with Gasteiger partial charge in [-0.05, 0) is 33.2 Å². The van der Waals surface area contributed by atoms with Crippen LogP contribution >= 0.6 is 0 Å². The van der Waals surface area contributed by atoms with Crippen LogP contribution in [0, 0.1) is 19.8 Å². The molecule has 17 heavy (non-hydrogen) atoms. The molecule has 0 saturated heterocycles. The zero-order chi connectivity index (χ0) is 13.0. The Balaban J connectivity index is 2.67. The average molecular weight is 235 g/mol. The van der Waals surface area contributed by atoms with Gasteiger partial charge in [-0.25, -0.2) is 0 Å². The van der Waals surface area contributed by atoms with Crippen LogP contribution in [0.15, 0.2) is 5.57 Å². The minimum absolute atomic E-state index is 0.699. The lowest BCUT2D eigenvalue weighted by atomic mass is 10.1. The SMILES string of the molecule is CC(=Cc1c(C)nn(C)c1C)CNCC(C)C. The highest BCUT2D eigenvalue weighted by Crippen LogP contribution is 2.15. The Hall–Kier alpha value is -1.09. The van der Waals surface area contributed by atoms with E-state index in [1.54, 1.807) is 0 Å². The van der Waals surface area contributed by atoms with Gasteiger partial charge in [0.1, 0.15) is 0 Å².